The maximum absolute atomic E-state index is 10.6. The zero-order valence-electron chi connectivity index (χ0n) is 6.83. The summed E-state index contributed by atoms with van der Waals surface area (Å²) in [6.45, 7) is 4.91. The monoisotopic (exact) mass is 157 g/mol. The molecule has 11 heavy (non-hydrogen) atoms. The molecule has 4 nitrogen and oxygen atoms in total. The van der Waals surface area contributed by atoms with Gasteiger partial charge in [-0.15, -0.1) is 0 Å². The summed E-state index contributed by atoms with van der Waals surface area (Å²) in [6.07, 6.45) is 0.126. The van der Waals surface area contributed by atoms with E-state index in [-0.39, 0.29) is 12.2 Å². The van der Waals surface area contributed by atoms with E-state index in [9.17, 15) is 4.79 Å². The van der Waals surface area contributed by atoms with E-state index in [1.165, 1.54) is 4.90 Å². The van der Waals surface area contributed by atoms with Crippen LogP contribution < -0.4 is 5.73 Å². The van der Waals surface area contributed by atoms with Gasteiger partial charge in [0.05, 0.1) is 12.2 Å². The summed E-state index contributed by atoms with van der Waals surface area (Å²) < 4.78 is 5.39. The van der Waals surface area contributed by atoms with E-state index in [2.05, 4.69) is 0 Å². The number of nitrogens with zero attached hydrogens (tertiary/aromatic N) is 1. The Labute approximate surface area is 66.3 Å². The Morgan fingerprint density at radius 3 is 2.27 bits per heavy atom. The maximum Gasteiger partial charge on any atom is 0.336 e. The molecule has 2 amide bonds. The molecular formula is C7H13N2O2. The average Bonchev–Trinajstić information content (AvgIpc) is 1.85. The molecule has 2 unspecified atom stereocenters. The number of nitrogens with one attached hydrogen (secondary N) is 1. The number of carbonyl (C=O) groups is 1. The van der Waals surface area contributed by atoms with Gasteiger partial charge in [0.2, 0.25) is 0 Å². The van der Waals surface area contributed by atoms with Crippen LogP contribution >= 0.6 is 0 Å². The molecule has 0 aromatic carbocycles. The fourth-order valence-electron chi connectivity index (χ4n) is 1.34. The van der Waals surface area contributed by atoms with Crippen LogP contribution in [-0.4, -0.2) is 36.2 Å². The molecule has 1 aliphatic rings. The van der Waals surface area contributed by atoms with Crippen LogP contribution in [0.5, 0.6) is 0 Å². The fraction of sp³-hybridized carbons (Fsp3) is 0.857. The van der Waals surface area contributed by atoms with Gasteiger partial charge < -0.3 is 9.64 Å². The summed E-state index contributed by atoms with van der Waals surface area (Å²) in [5, 5.41) is 0. The minimum atomic E-state index is -0.605. The van der Waals surface area contributed by atoms with Crippen LogP contribution in [-0.2, 0) is 4.74 Å². The molecule has 0 spiro atoms. The van der Waals surface area contributed by atoms with Crippen molar-refractivity contribution in [1.82, 2.24) is 10.6 Å². The molecule has 0 aliphatic carbocycles. The van der Waals surface area contributed by atoms with Crippen molar-refractivity contribution in [2.75, 3.05) is 13.1 Å². The third kappa shape index (κ3) is 2.08. The Balaban J connectivity index is 2.49. The standard InChI is InChI=1S/C7H13N2O2/c1-5-3-9(7(8)10)4-6(2)11-5/h5-6,8H,3-4H2,1-2H3. The van der Waals surface area contributed by atoms with Crippen molar-refractivity contribution in [2.45, 2.75) is 26.1 Å². The molecule has 0 saturated carbocycles. The van der Waals surface area contributed by atoms with Crippen LogP contribution in [0.25, 0.3) is 0 Å². The van der Waals surface area contributed by atoms with Gasteiger partial charge in [-0.3, -0.25) is 0 Å². The Bertz CT molecular complexity index is 151. The fourth-order valence-corrected chi connectivity index (χ4v) is 1.34. The van der Waals surface area contributed by atoms with E-state index < -0.39 is 6.03 Å². The number of rotatable bonds is 0. The lowest BCUT2D eigenvalue weighted by molar-refractivity contribution is -0.0537. The van der Waals surface area contributed by atoms with E-state index in [4.69, 9.17) is 10.5 Å². The van der Waals surface area contributed by atoms with E-state index in [0.29, 0.717) is 13.1 Å². The van der Waals surface area contributed by atoms with Crippen molar-refractivity contribution in [3.8, 4) is 0 Å². The Hall–Kier alpha value is -0.770. The van der Waals surface area contributed by atoms with Gasteiger partial charge in [-0.25, -0.2) is 10.5 Å². The van der Waals surface area contributed by atoms with Gasteiger partial charge >= 0.3 is 6.03 Å². The van der Waals surface area contributed by atoms with E-state index >= 15 is 0 Å². The third-order valence-electron chi connectivity index (χ3n) is 1.71. The minimum absolute atomic E-state index is 0.0630. The first-order valence-corrected chi connectivity index (χ1v) is 3.75. The van der Waals surface area contributed by atoms with Crippen molar-refractivity contribution in [3.63, 3.8) is 0 Å². The van der Waals surface area contributed by atoms with E-state index in [1.807, 2.05) is 13.8 Å². The molecule has 0 bridgehead atoms. The Morgan fingerprint density at radius 1 is 1.45 bits per heavy atom. The largest absolute Gasteiger partial charge is 0.372 e. The van der Waals surface area contributed by atoms with Crippen LogP contribution in [0.4, 0.5) is 4.79 Å². The summed E-state index contributed by atoms with van der Waals surface area (Å²) in [7, 11) is 0. The number of carbonyl (C=O) groups excluding carboxylic acids is 1. The van der Waals surface area contributed by atoms with Gasteiger partial charge in [0.1, 0.15) is 0 Å². The van der Waals surface area contributed by atoms with Gasteiger partial charge in [0, 0.05) is 13.1 Å². The van der Waals surface area contributed by atoms with Crippen LogP contribution in [0, 0.1) is 0 Å². The van der Waals surface area contributed by atoms with Crippen molar-refractivity contribution < 1.29 is 9.53 Å². The lowest BCUT2D eigenvalue weighted by Crippen LogP contribution is -2.48. The molecule has 0 aromatic rings. The van der Waals surface area contributed by atoms with E-state index in [0.717, 1.165) is 0 Å². The second kappa shape index (κ2) is 3.09. The smallest absolute Gasteiger partial charge is 0.336 e. The summed E-state index contributed by atoms with van der Waals surface area (Å²) >= 11 is 0. The number of ether oxygens (including phenoxy) is 1. The highest BCUT2D eigenvalue weighted by molar-refractivity contribution is 5.71. The van der Waals surface area contributed by atoms with Gasteiger partial charge in [-0.1, -0.05) is 0 Å². The van der Waals surface area contributed by atoms with Crippen molar-refractivity contribution in [1.29, 1.82) is 0 Å². The summed E-state index contributed by atoms with van der Waals surface area (Å²) in [6, 6.07) is -0.605. The number of morpholine rings is 1. The van der Waals surface area contributed by atoms with Crippen molar-refractivity contribution in [3.05, 3.63) is 0 Å². The van der Waals surface area contributed by atoms with Crippen LogP contribution in [0.15, 0.2) is 0 Å². The van der Waals surface area contributed by atoms with Crippen LogP contribution in [0.3, 0.4) is 0 Å². The summed E-state index contributed by atoms with van der Waals surface area (Å²) in [5.41, 5.74) is 6.88. The Kier molecular flexibility index (Phi) is 2.34. The molecule has 1 fully saturated rings. The molecular weight excluding hydrogens is 144 g/mol. The number of hydrogen-bond donors (Lipinski definition) is 0. The molecule has 4 heteroatoms. The molecule has 1 heterocycles. The second-order valence-electron chi connectivity index (χ2n) is 2.97. The van der Waals surface area contributed by atoms with Crippen molar-refractivity contribution in [2.24, 2.45) is 0 Å². The normalized spacial score (nSPS) is 32.0. The molecule has 1 aliphatic heterocycles. The first-order chi connectivity index (χ1) is 5.09. The third-order valence-corrected chi connectivity index (χ3v) is 1.71. The highest BCUT2D eigenvalue weighted by Gasteiger charge is 2.24. The molecule has 1 N–H and O–H groups in total. The predicted octanol–water partition coefficient (Wildman–Crippen LogP) is 0.498. The van der Waals surface area contributed by atoms with Crippen LogP contribution in [0.1, 0.15) is 13.8 Å². The van der Waals surface area contributed by atoms with Gasteiger partial charge in [0.25, 0.3) is 0 Å². The molecule has 1 radical (unpaired) electrons. The summed E-state index contributed by atoms with van der Waals surface area (Å²) in [5.74, 6) is 0. The molecule has 0 aromatic heterocycles. The lowest BCUT2D eigenvalue weighted by atomic mass is 10.2. The topological polar surface area (TPSA) is 53.3 Å². The van der Waals surface area contributed by atoms with Gasteiger partial charge in [-0.2, -0.15) is 0 Å². The highest BCUT2D eigenvalue weighted by atomic mass is 16.5. The maximum atomic E-state index is 10.6. The molecule has 2 atom stereocenters. The van der Waals surface area contributed by atoms with Crippen LogP contribution in [0.2, 0.25) is 0 Å². The lowest BCUT2D eigenvalue weighted by Gasteiger charge is -2.33. The highest BCUT2D eigenvalue weighted by Crippen LogP contribution is 2.09. The van der Waals surface area contributed by atoms with Gasteiger partial charge in [0.15, 0.2) is 0 Å². The SMILES string of the molecule is CC1CN(C([NH])=O)CC(C)O1. The minimum Gasteiger partial charge on any atom is -0.372 e. The first-order valence-electron chi connectivity index (χ1n) is 3.75. The average molecular weight is 157 g/mol. The zero-order valence-corrected chi connectivity index (χ0v) is 6.83. The Morgan fingerprint density at radius 2 is 1.91 bits per heavy atom. The van der Waals surface area contributed by atoms with Crippen molar-refractivity contribution >= 4 is 6.03 Å². The number of amides is 2. The first kappa shape index (κ1) is 8.33. The van der Waals surface area contributed by atoms with E-state index in [1.54, 1.807) is 0 Å². The molecule has 1 saturated heterocycles. The summed E-state index contributed by atoms with van der Waals surface area (Å²) in [4.78, 5) is 12.1. The molecule has 1 rings (SSSR count). The number of urea groups is 1. The number of hydrogen-bond acceptors (Lipinski definition) is 2. The quantitative estimate of drug-likeness (QED) is 0.514. The zero-order chi connectivity index (χ0) is 8.43. The predicted molar refractivity (Wildman–Crippen MR) is 40.1 cm³/mol. The molecule has 63 valence electrons. The second-order valence-corrected chi connectivity index (χ2v) is 2.97. The van der Waals surface area contributed by atoms with Gasteiger partial charge in [-0.05, 0) is 13.8 Å².